The maximum Gasteiger partial charge on any atom is 0.255 e. The smallest absolute Gasteiger partial charge is 0.255 e. The second-order valence-corrected chi connectivity index (χ2v) is 8.01. The van der Waals surface area contributed by atoms with Crippen molar-refractivity contribution >= 4 is 33.4 Å². The summed E-state index contributed by atoms with van der Waals surface area (Å²) in [5.41, 5.74) is 4.17. The molecule has 1 aromatic heterocycles. The Labute approximate surface area is 202 Å². The fourth-order valence-corrected chi connectivity index (χ4v) is 4.10. The number of methoxy groups -OCH3 is 3. The molecule has 0 saturated carbocycles. The quantitative estimate of drug-likeness (QED) is 0.370. The van der Waals surface area contributed by atoms with Crippen molar-refractivity contribution in [3.8, 4) is 22.9 Å². The summed E-state index contributed by atoms with van der Waals surface area (Å²) < 4.78 is 16.1. The lowest BCUT2D eigenvalue weighted by Gasteiger charge is -2.14. The predicted molar refractivity (Wildman–Crippen MR) is 135 cm³/mol. The molecule has 0 saturated heterocycles. The molecule has 1 heterocycles. The molecule has 0 aliphatic heterocycles. The first-order valence-corrected chi connectivity index (χ1v) is 11.0. The molecule has 5 aromatic rings. The zero-order valence-electron chi connectivity index (χ0n) is 19.8. The van der Waals surface area contributed by atoms with Crippen molar-refractivity contribution in [3.05, 3.63) is 77.9 Å². The Morgan fingerprint density at radius 1 is 0.829 bits per heavy atom. The number of fused-ring (bicyclic) bond motifs is 2. The molecule has 4 aromatic carbocycles. The van der Waals surface area contributed by atoms with Gasteiger partial charge in [-0.1, -0.05) is 36.4 Å². The minimum atomic E-state index is -0.312. The van der Waals surface area contributed by atoms with Gasteiger partial charge in [0.2, 0.25) is 5.75 Å². The molecule has 0 radical (unpaired) electrons. The van der Waals surface area contributed by atoms with E-state index in [0.717, 1.165) is 27.5 Å². The topological polar surface area (TPSA) is 87.5 Å². The number of hydrogen-bond donors (Lipinski definition) is 1. The highest BCUT2D eigenvalue weighted by atomic mass is 16.5. The first kappa shape index (κ1) is 22.2. The molecule has 0 unspecified atom stereocenters. The van der Waals surface area contributed by atoms with Crippen LogP contribution in [0.5, 0.6) is 17.2 Å². The minimum Gasteiger partial charge on any atom is -0.493 e. The van der Waals surface area contributed by atoms with Crippen molar-refractivity contribution in [1.29, 1.82) is 0 Å². The summed E-state index contributed by atoms with van der Waals surface area (Å²) in [6.07, 6.45) is 0. The van der Waals surface area contributed by atoms with Gasteiger partial charge in [-0.3, -0.25) is 4.79 Å². The molecule has 1 amide bonds. The Balaban J connectivity index is 1.50. The van der Waals surface area contributed by atoms with Crippen LogP contribution in [0.25, 0.3) is 27.5 Å². The van der Waals surface area contributed by atoms with Gasteiger partial charge in [0.05, 0.1) is 27.0 Å². The monoisotopic (exact) mass is 468 g/mol. The van der Waals surface area contributed by atoms with E-state index >= 15 is 0 Å². The zero-order valence-corrected chi connectivity index (χ0v) is 19.8. The molecule has 0 aliphatic rings. The lowest BCUT2D eigenvalue weighted by Crippen LogP contribution is -2.13. The van der Waals surface area contributed by atoms with Gasteiger partial charge in [-0.25, -0.2) is 0 Å². The number of nitrogens with zero attached hydrogens (tertiary/aromatic N) is 3. The summed E-state index contributed by atoms with van der Waals surface area (Å²) >= 11 is 0. The van der Waals surface area contributed by atoms with Gasteiger partial charge in [0.15, 0.2) is 11.5 Å². The molecule has 8 heteroatoms. The van der Waals surface area contributed by atoms with Crippen LogP contribution in [0.4, 0.5) is 5.69 Å². The number of aromatic nitrogens is 3. The van der Waals surface area contributed by atoms with Crippen molar-refractivity contribution in [2.45, 2.75) is 6.92 Å². The minimum absolute atomic E-state index is 0.312. The van der Waals surface area contributed by atoms with Crippen LogP contribution >= 0.6 is 0 Å². The van der Waals surface area contributed by atoms with Crippen LogP contribution < -0.4 is 19.5 Å². The lowest BCUT2D eigenvalue weighted by molar-refractivity contribution is 0.102. The molecule has 0 aliphatic carbocycles. The SMILES string of the molecule is COc1cc(C(=O)Nc2cc3nn(-c4cccc5ccccc45)nc3cc2C)cc(OC)c1OC. The number of carbonyl (C=O) groups excluding carboxylic acids is 1. The predicted octanol–water partition coefficient (Wildman–Crippen LogP) is 5.16. The van der Waals surface area contributed by atoms with Crippen LogP contribution in [0.15, 0.2) is 66.7 Å². The standard InChI is InChI=1S/C27H24N4O4/c1-16-12-21-22(30-31(29-21)23-11-7-9-17-8-5-6-10-19(17)23)15-20(16)28-27(32)18-13-24(33-2)26(35-4)25(14-18)34-3/h5-15H,1-4H3,(H,28,32). The number of carbonyl (C=O) groups is 1. The van der Waals surface area contributed by atoms with E-state index in [1.807, 2.05) is 49.4 Å². The van der Waals surface area contributed by atoms with Gasteiger partial charge in [0.1, 0.15) is 11.0 Å². The summed E-state index contributed by atoms with van der Waals surface area (Å²) in [5.74, 6) is 0.923. The summed E-state index contributed by atoms with van der Waals surface area (Å²) in [4.78, 5) is 14.7. The Morgan fingerprint density at radius 2 is 1.49 bits per heavy atom. The molecule has 0 spiro atoms. The molecule has 0 atom stereocenters. The normalized spacial score (nSPS) is 11.0. The number of aryl methyl sites for hydroxylation is 1. The van der Waals surface area contributed by atoms with Crippen molar-refractivity contribution in [2.75, 3.05) is 26.6 Å². The average Bonchev–Trinajstić information content (AvgIpc) is 3.29. The summed E-state index contributed by atoms with van der Waals surface area (Å²) in [6, 6.07) is 21.1. The van der Waals surface area contributed by atoms with Gasteiger partial charge in [-0.15, -0.1) is 15.0 Å². The van der Waals surface area contributed by atoms with Crippen LogP contribution in [0.3, 0.4) is 0 Å². The third kappa shape index (κ3) is 3.99. The highest BCUT2D eigenvalue weighted by Crippen LogP contribution is 2.38. The van der Waals surface area contributed by atoms with Crippen molar-refractivity contribution in [2.24, 2.45) is 0 Å². The van der Waals surface area contributed by atoms with Crippen LogP contribution in [0, 0.1) is 6.92 Å². The summed E-state index contributed by atoms with van der Waals surface area (Å²) in [7, 11) is 4.54. The van der Waals surface area contributed by atoms with E-state index in [1.165, 1.54) is 21.3 Å². The maximum absolute atomic E-state index is 13.1. The first-order valence-electron chi connectivity index (χ1n) is 11.0. The average molecular weight is 469 g/mol. The molecule has 1 N–H and O–H groups in total. The number of anilines is 1. The fraction of sp³-hybridized carbons (Fsp3) is 0.148. The lowest BCUT2D eigenvalue weighted by atomic mass is 10.1. The fourth-order valence-electron chi connectivity index (χ4n) is 4.10. The molecule has 5 rings (SSSR count). The number of rotatable bonds is 6. The molecular weight excluding hydrogens is 444 g/mol. The van der Waals surface area contributed by atoms with Gasteiger partial charge in [-0.05, 0) is 48.2 Å². The van der Waals surface area contributed by atoms with Crippen LogP contribution in [0.1, 0.15) is 15.9 Å². The Morgan fingerprint density at radius 3 is 2.17 bits per heavy atom. The largest absolute Gasteiger partial charge is 0.493 e. The number of nitrogens with one attached hydrogen (secondary N) is 1. The van der Waals surface area contributed by atoms with Crippen molar-refractivity contribution in [1.82, 2.24) is 15.0 Å². The number of benzene rings is 4. The zero-order chi connectivity index (χ0) is 24.5. The van der Waals surface area contributed by atoms with Crippen molar-refractivity contribution in [3.63, 3.8) is 0 Å². The number of ether oxygens (including phenoxy) is 3. The second-order valence-electron chi connectivity index (χ2n) is 8.01. The van der Waals surface area contributed by atoms with Gasteiger partial charge < -0.3 is 19.5 Å². The van der Waals surface area contributed by atoms with E-state index in [1.54, 1.807) is 16.9 Å². The van der Waals surface area contributed by atoms with Crippen molar-refractivity contribution < 1.29 is 19.0 Å². The maximum atomic E-state index is 13.1. The van der Waals surface area contributed by atoms with Crippen LogP contribution in [-0.4, -0.2) is 42.2 Å². The second kappa shape index (κ2) is 8.98. The third-order valence-corrected chi connectivity index (χ3v) is 5.88. The van der Waals surface area contributed by atoms with E-state index in [4.69, 9.17) is 19.3 Å². The number of amides is 1. The molecule has 35 heavy (non-hydrogen) atoms. The third-order valence-electron chi connectivity index (χ3n) is 5.88. The van der Waals surface area contributed by atoms with E-state index in [2.05, 4.69) is 22.5 Å². The highest BCUT2D eigenvalue weighted by Gasteiger charge is 2.18. The summed E-state index contributed by atoms with van der Waals surface area (Å²) in [5, 5.41) is 14.5. The highest BCUT2D eigenvalue weighted by molar-refractivity contribution is 6.06. The Kier molecular flexibility index (Phi) is 5.70. The molecule has 0 fully saturated rings. The van der Waals surface area contributed by atoms with Gasteiger partial charge >= 0.3 is 0 Å². The van der Waals surface area contributed by atoms with Gasteiger partial charge in [0, 0.05) is 16.6 Å². The first-order chi connectivity index (χ1) is 17.0. The molecule has 8 nitrogen and oxygen atoms in total. The molecular formula is C27H24N4O4. The van der Waals surface area contributed by atoms with E-state index in [0.29, 0.717) is 34.0 Å². The Bertz CT molecular complexity index is 1540. The van der Waals surface area contributed by atoms with Gasteiger partial charge in [0.25, 0.3) is 5.91 Å². The van der Waals surface area contributed by atoms with Crippen LogP contribution in [0.2, 0.25) is 0 Å². The van der Waals surface area contributed by atoms with Crippen LogP contribution in [-0.2, 0) is 0 Å². The van der Waals surface area contributed by atoms with E-state index < -0.39 is 0 Å². The Hall–Kier alpha value is -4.59. The summed E-state index contributed by atoms with van der Waals surface area (Å²) in [6.45, 7) is 1.92. The van der Waals surface area contributed by atoms with Gasteiger partial charge in [-0.2, -0.15) is 0 Å². The van der Waals surface area contributed by atoms with E-state index in [-0.39, 0.29) is 5.91 Å². The number of hydrogen-bond acceptors (Lipinski definition) is 6. The molecule has 176 valence electrons. The molecule has 0 bridgehead atoms. The van der Waals surface area contributed by atoms with E-state index in [9.17, 15) is 4.79 Å².